The third kappa shape index (κ3) is 5.10. The van der Waals surface area contributed by atoms with Gasteiger partial charge >= 0.3 is 0 Å². The van der Waals surface area contributed by atoms with E-state index in [9.17, 15) is 0 Å². The van der Waals surface area contributed by atoms with Crippen molar-refractivity contribution in [3.05, 3.63) is 0 Å². The van der Waals surface area contributed by atoms with Crippen molar-refractivity contribution in [2.45, 2.75) is 70.8 Å². The van der Waals surface area contributed by atoms with Crippen LogP contribution in [0.3, 0.4) is 0 Å². The van der Waals surface area contributed by atoms with Gasteiger partial charge in [0.1, 0.15) is 0 Å². The predicted molar refractivity (Wildman–Crippen MR) is 74.2 cm³/mol. The van der Waals surface area contributed by atoms with Gasteiger partial charge in [0.2, 0.25) is 0 Å². The Morgan fingerprint density at radius 3 is 2.59 bits per heavy atom. The molecule has 1 atom stereocenters. The number of rotatable bonds is 7. The molecule has 0 aromatic carbocycles. The summed E-state index contributed by atoms with van der Waals surface area (Å²) in [6.07, 6.45) is 16.6. The Bertz CT molecular complexity index is 224. The zero-order valence-electron chi connectivity index (χ0n) is 11.3. The zero-order chi connectivity index (χ0) is 12.5. The van der Waals surface area contributed by atoms with Crippen LogP contribution < -0.4 is 11.3 Å². The van der Waals surface area contributed by atoms with E-state index >= 15 is 0 Å². The Labute approximate surface area is 107 Å². The van der Waals surface area contributed by atoms with Crippen LogP contribution in [0.1, 0.15) is 64.7 Å². The lowest BCUT2D eigenvalue weighted by atomic mass is 9.76. The van der Waals surface area contributed by atoms with Crippen molar-refractivity contribution in [1.29, 1.82) is 0 Å². The lowest BCUT2D eigenvalue weighted by molar-refractivity contribution is 0.206. The van der Waals surface area contributed by atoms with Gasteiger partial charge in [-0.25, -0.2) is 0 Å². The lowest BCUT2D eigenvalue weighted by Gasteiger charge is -2.33. The quantitative estimate of drug-likeness (QED) is 0.308. The van der Waals surface area contributed by atoms with E-state index in [0.29, 0.717) is 6.04 Å². The van der Waals surface area contributed by atoms with Crippen LogP contribution in [0.5, 0.6) is 0 Å². The summed E-state index contributed by atoms with van der Waals surface area (Å²) in [7, 11) is 0. The molecule has 1 aliphatic rings. The molecule has 2 nitrogen and oxygen atoms in total. The number of terminal acetylenes is 1. The van der Waals surface area contributed by atoms with Crippen molar-refractivity contribution in [2.75, 3.05) is 0 Å². The monoisotopic (exact) mass is 236 g/mol. The first-order valence-corrected chi connectivity index (χ1v) is 7.21. The van der Waals surface area contributed by atoms with Crippen LogP contribution in [0.25, 0.3) is 0 Å². The molecule has 0 bridgehead atoms. The minimum absolute atomic E-state index is 0.478. The maximum Gasteiger partial charge on any atom is 0.0239 e. The van der Waals surface area contributed by atoms with Crippen molar-refractivity contribution in [1.82, 2.24) is 5.43 Å². The van der Waals surface area contributed by atoms with Crippen LogP contribution in [-0.4, -0.2) is 6.04 Å². The molecule has 1 unspecified atom stereocenters. The fraction of sp³-hybridized carbons (Fsp3) is 0.867. The Morgan fingerprint density at radius 2 is 2.06 bits per heavy atom. The fourth-order valence-corrected chi connectivity index (χ4v) is 3.17. The minimum atomic E-state index is 0.478. The first-order valence-electron chi connectivity index (χ1n) is 7.21. The van der Waals surface area contributed by atoms with Crippen molar-refractivity contribution in [2.24, 2.45) is 17.7 Å². The molecule has 0 radical (unpaired) electrons. The molecular weight excluding hydrogens is 208 g/mol. The molecule has 1 rings (SSSR count). The van der Waals surface area contributed by atoms with Gasteiger partial charge in [-0.05, 0) is 37.5 Å². The van der Waals surface area contributed by atoms with Gasteiger partial charge in [-0.2, -0.15) is 0 Å². The van der Waals surface area contributed by atoms with Gasteiger partial charge in [0, 0.05) is 12.5 Å². The number of hydrogen-bond donors (Lipinski definition) is 2. The largest absolute Gasteiger partial charge is 0.271 e. The van der Waals surface area contributed by atoms with Gasteiger partial charge in [0.25, 0.3) is 0 Å². The molecule has 0 aromatic heterocycles. The first-order chi connectivity index (χ1) is 8.31. The molecule has 98 valence electrons. The molecule has 1 aliphatic carbocycles. The third-order valence-electron chi connectivity index (χ3n) is 4.21. The highest BCUT2D eigenvalue weighted by atomic mass is 15.2. The van der Waals surface area contributed by atoms with E-state index in [1.807, 2.05) is 0 Å². The second kappa shape index (κ2) is 8.55. The number of nitrogens with two attached hydrogens (primary N) is 1. The van der Waals surface area contributed by atoms with Crippen LogP contribution in [0.4, 0.5) is 0 Å². The van der Waals surface area contributed by atoms with Crippen LogP contribution in [-0.2, 0) is 0 Å². The Kier molecular flexibility index (Phi) is 7.32. The summed E-state index contributed by atoms with van der Waals surface area (Å²) in [4.78, 5) is 0. The second-order valence-electron chi connectivity index (χ2n) is 5.44. The minimum Gasteiger partial charge on any atom is -0.271 e. The first kappa shape index (κ1) is 14.5. The standard InChI is InChI=1S/C15H28N2/c1-3-5-6-8-15(17-16)14-11-9-13(7-4-2)10-12-14/h1,13-15,17H,4-12,16H2,2H3. The molecule has 0 aromatic rings. The van der Waals surface area contributed by atoms with Crippen molar-refractivity contribution in [3.8, 4) is 12.3 Å². The van der Waals surface area contributed by atoms with E-state index in [1.54, 1.807) is 0 Å². The van der Waals surface area contributed by atoms with Crippen LogP contribution in [0.15, 0.2) is 0 Å². The Morgan fingerprint density at radius 1 is 1.35 bits per heavy atom. The smallest absolute Gasteiger partial charge is 0.0239 e. The van der Waals surface area contributed by atoms with Gasteiger partial charge in [-0.3, -0.25) is 11.3 Å². The summed E-state index contributed by atoms with van der Waals surface area (Å²) in [6.45, 7) is 2.29. The number of unbranched alkanes of at least 4 members (excludes halogenated alkanes) is 1. The molecule has 0 amide bonds. The summed E-state index contributed by atoms with van der Waals surface area (Å²) in [6, 6.07) is 0.478. The highest BCUT2D eigenvalue weighted by Gasteiger charge is 2.26. The lowest BCUT2D eigenvalue weighted by Crippen LogP contribution is -2.42. The molecule has 0 saturated heterocycles. The van der Waals surface area contributed by atoms with E-state index in [2.05, 4.69) is 18.3 Å². The third-order valence-corrected chi connectivity index (χ3v) is 4.21. The normalized spacial score (nSPS) is 26.4. The SMILES string of the molecule is C#CCCCC(NN)C1CCC(CCC)CC1. The summed E-state index contributed by atoms with van der Waals surface area (Å²) in [5.41, 5.74) is 3.01. The summed E-state index contributed by atoms with van der Waals surface area (Å²) < 4.78 is 0. The van der Waals surface area contributed by atoms with Crippen LogP contribution in [0.2, 0.25) is 0 Å². The zero-order valence-corrected chi connectivity index (χ0v) is 11.3. The molecule has 0 aliphatic heterocycles. The van der Waals surface area contributed by atoms with E-state index in [1.165, 1.54) is 38.5 Å². The fourth-order valence-electron chi connectivity index (χ4n) is 3.17. The molecule has 0 spiro atoms. The van der Waals surface area contributed by atoms with E-state index in [0.717, 1.165) is 31.1 Å². The summed E-state index contributed by atoms with van der Waals surface area (Å²) in [5, 5.41) is 0. The highest BCUT2D eigenvalue weighted by Crippen LogP contribution is 2.34. The summed E-state index contributed by atoms with van der Waals surface area (Å²) in [5.74, 6) is 10.1. The van der Waals surface area contributed by atoms with Crippen molar-refractivity contribution >= 4 is 0 Å². The molecule has 17 heavy (non-hydrogen) atoms. The number of nitrogens with one attached hydrogen (secondary N) is 1. The maximum absolute atomic E-state index is 5.68. The molecule has 1 fully saturated rings. The van der Waals surface area contributed by atoms with E-state index in [4.69, 9.17) is 12.3 Å². The molecule has 1 saturated carbocycles. The van der Waals surface area contributed by atoms with Crippen LogP contribution >= 0.6 is 0 Å². The molecule has 3 N–H and O–H groups in total. The van der Waals surface area contributed by atoms with Gasteiger partial charge in [-0.15, -0.1) is 12.3 Å². The second-order valence-corrected chi connectivity index (χ2v) is 5.44. The number of hydrogen-bond acceptors (Lipinski definition) is 2. The van der Waals surface area contributed by atoms with Crippen molar-refractivity contribution < 1.29 is 0 Å². The Hall–Kier alpha value is -0.520. The van der Waals surface area contributed by atoms with Gasteiger partial charge in [0.05, 0.1) is 0 Å². The maximum atomic E-state index is 5.68. The van der Waals surface area contributed by atoms with Crippen LogP contribution in [0, 0.1) is 24.2 Å². The average Bonchev–Trinajstić information content (AvgIpc) is 2.36. The number of hydrazine groups is 1. The average molecular weight is 236 g/mol. The van der Waals surface area contributed by atoms with E-state index < -0.39 is 0 Å². The predicted octanol–water partition coefficient (Wildman–Crippen LogP) is 3.23. The summed E-state index contributed by atoms with van der Waals surface area (Å²) >= 11 is 0. The molecular formula is C15H28N2. The van der Waals surface area contributed by atoms with Gasteiger partial charge in [-0.1, -0.05) is 32.6 Å². The molecule has 0 heterocycles. The topological polar surface area (TPSA) is 38.0 Å². The van der Waals surface area contributed by atoms with Gasteiger partial charge < -0.3 is 0 Å². The van der Waals surface area contributed by atoms with Gasteiger partial charge in [0.15, 0.2) is 0 Å². The highest BCUT2D eigenvalue weighted by molar-refractivity contribution is 4.86. The molecule has 2 heteroatoms. The van der Waals surface area contributed by atoms with Crippen molar-refractivity contribution in [3.63, 3.8) is 0 Å². The van der Waals surface area contributed by atoms with E-state index in [-0.39, 0.29) is 0 Å². The Balaban J connectivity index is 2.27.